The minimum absolute atomic E-state index is 0.0359. The Morgan fingerprint density at radius 2 is 1.88 bits per heavy atom. The lowest BCUT2D eigenvalue weighted by molar-refractivity contribution is -0.187. The molecule has 1 aromatic rings. The van der Waals surface area contributed by atoms with Gasteiger partial charge in [0, 0.05) is 18.5 Å². The van der Waals surface area contributed by atoms with Crippen molar-refractivity contribution < 1.29 is 18.0 Å². The van der Waals surface area contributed by atoms with Crippen LogP contribution in [0.5, 0.6) is 0 Å². The summed E-state index contributed by atoms with van der Waals surface area (Å²) in [6, 6.07) is 8.40. The lowest BCUT2D eigenvalue weighted by Gasteiger charge is -2.39. The Morgan fingerprint density at radius 3 is 2.58 bits per heavy atom. The van der Waals surface area contributed by atoms with E-state index < -0.39 is 18.0 Å². The third-order valence-electron chi connectivity index (χ3n) is 6.00. The third kappa shape index (κ3) is 4.24. The lowest BCUT2D eigenvalue weighted by atomic mass is 9.79. The van der Waals surface area contributed by atoms with Gasteiger partial charge in [0.1, 0.15) is 0 Å². The fourth-order valence-electron chi connectivity index (χ4n) is 4.60. The highest BCUT2D eigenvalue weighted by atomic mass is 19.4. The number of nitrogens with zero attached hydrogens (tertiary/aromatic N) is 1. The van der Waals surface area contributed by atoms with E-state index in [1.165, 1.54) is 11.1 Å². The first-order chi connectivity index (χ1) is 12.4. The second kappa shape index (κ2) is 8.01. The number of hydrogen-bond acceptors (Lipinski definition) is 1. The Hall–Kier alpha value is -1.52. The SMILES string of the molecule is CCCN(C(=O)C1CCCC(C(F)(F)F)C1)C1CCc2ccccc2C1. The first kappa shape index (κ1) is 19.2. The van der Waals surface area contributed by atoms with Gasteiger partial charge in [-0.05, 0) is 56.1 Å². The number of amides is 1. The van der Waals surface area contributed by atoms with E-state index in [0.29, 0.717) is 19.4 Å². The molecule has 5 heteroatoms. The van der Waals surface area contributed by atoms with Crippen molar-refractivity contribution in [2.75, 3.05) is 6.54 Å². The number of carbonyl (C=O) groups excluding carboxylic acids is 1. The van der Waals surface area contributed by atoms with Crippen LogP contribution in [-0.4, -0.2) is 29.6 Å². The van der Waals surface area contributed by atoms with Gasteiger partial charge in [0.2, 0.25) is 5.91 Å². The quantitative estimate of drug-likeness (QED) is 0.721. The summed E-state index contributed by atoms with van der Waals surface area (Å²) >= 11 is 0. The smallest absolute Gasteiger partial charge is 0.339 e. The normalized spacial score (nSPS) is 26.2. The van der Waals surface area contributed by atoms with Crippen LogP contribution in [0.1, 0.15) is 56.6 Å². The summed E-state index contributed by atoms with van der Waals surface area (Å²) in [7, 11) is 0. The Bertz CT molecular complexity index is 628. The first-order valence-corrected chi connectivity index (χ1v) is 9.84. The molecule has 0 saturated heterocycles. The van der Waals surface area contributed by atoms with E-state index in [1.54, 1.807) is 0 Å². The fraction of sp³-hybridized carbons (Fsp3) is 0.667. The third-order valence-corrected chi connectivity index (χ3v) is 6.00. The average Bonchev–Trinajstić information content (AvgIpc) is 2.64. The van der Waals surface area contributed by atoms with Crippen LogP contribution in [0.3, 0.4) is 0 Å². The predicted octanol–water partition coefficient (Wildman–Crippen LogP) is 5.15. The molecule has 0 spiro atoms. The molecule has 0 N–H and O–H groups in total. The summed E-state index contributed by atoms with van der Waals surface area (Å²) in [5.74, 6) is -1.84. The van der Waals surface area contributed by atoms with E-state index in [-0.39, 0.29) is 24.8 Å². The molecule has 0 heterocycles. The molecule has 26 heavy (non-hydrogen) atoms. The van der Waals surface area contributed by atoms with Crippen molar-refractivity contribution in [3.63, 3.8) is 0 Å². The number of halogens is 3. The lowest BCUT2D eigenvalue weighted by Crippen LogP contribution is -2.47. The van der Waals surface area contributed by atoms with Gasteiger partial charge < -0.3 is 4.90 Å². The molecular formula is C21H28F3NO. The average molecular weight is 367 g/mol. The van der Waals surface area contributed by atoms with Crippen LogP contribution < -0.4 is 0 Å². The molecule has 2 aliphatic carbocycles. The molecule has 0 aliphatic heterocycles. The van der Waals surface area contributed by atoms with E-state index >= 15 is 0 Å². The van der Waals surface area contributed by atoms with Crippen LogP contribution in [0, 0.1) is 11.8 Å². The summed E-state index contributed by atoms with van der Waals surface area (Å²) in [6.45, 7) is 2.66. The summed E-state index contributed by atoms with van der Waals surface area (Å²) in [6.07, 6.45) is 0.518. The van der Waals surface area contributed by atoms with E-state index in [4.69, 9.17) is 0 Å². The van der Waals surface area contributed by atoms with E-state index in [0.717, 1.165) is 25.7 Å². The molecule has 0 aromatic heterocycles. The molecule has 144 valence electrons. The Morgan fingerprint density at radius 1 is 1.15 bits per heavy atom. The second-order valence-corrected chi connectivity index (χ2v) is 7.80. The van der Waals surface area contributed by atoms with Crippen LogP contribution in [-0.2, 0) is 17.6 Å². The van der Waals surface area contributed by atoms with Gasteiger partial charge in [-0.3, -0.25) is 4.79 Å². The molecule has 1 aromatic carbocycles. The maximum absolute atomic E-state index is 13.1. The van der Waals surface area contributed by atoms with Gasteiger partial charge >= 0.3 is 6.18 Å². The number of alkyl halides is 3. The second-order valence-electron chi connectivity index (χ2n) is 7.80. The van der Waals surface area contributed by atoms with E-state index in [1.807, 2.05) is 24.0 Å². The Labute approximate surface area is 153 Å². The van der Waals surface area contributed by atoms with Crippen molar-refractivity contribution in [1.29, 1.82) is 0 Å². The Kier molecular flexibility index (Phi) is 5.93. The molecule has 1 saturated carbocycles. The number of aryl methyl sites for hydroxylation is 1. The van der Waals surface area contributed by atoms with Gasteiger partial charge in [-0.1, -0.05) is 37.6 Å². The summed E-state index contributed by atoms with van der Waals surface area (Å²) < 4.78 is 39.4. The zero-order valence-corrected chi connectivity index (χ0v) is 15.4. The molecule has 0 radical (unpaired) electrons. The number of benzene rings is 1. The maximum atomic E-state index is 13.1. The molecular weight excluding hydrogens is 339 g/mol. The van der Waals surface area contributed by atoms with Gasteiger partial charge in [0.15, 0.2) is 0 Å². The Balaban J connectivity index is 1.72. The van der Waals surface area contributed by atoms with E-state index in [2.05, 4.69) is 12.1 Å². The van der Waals surface area contributed by atoms with Gasteiger partial charge in [0.05, 0.1) is 5.92 Å². The molecule has 2 aliphatic rings. The molecule has 0 bridgehead atoms. The first-order valence-electron chi connectivity index (χ1n) is 9.84. The van der Waals surface area contributed by atoms with Crippen molar-refractivity contribution in [2.24, 2.45) is 11.8 Å². The standard InChI is InChI=1S/C21H28F3NO/c1-2-12-25(19-11-10-15-6-3-4-7-16(15)14-19)20(26)17-8-5-9-18(13-17)21(22,23)24/h3-4,6-7,17-19H,2,5,8-14H2,1H3. The van der Waals surface area contributed by atoms with Crippen molar-refractivity contribution in [1.82, 2.24) is 4.90 Å². The predicted molar refractivity (Wildman–Crippen MR) is 95.8 cm³/mol. The van der Waals surface area contributed by atoms with Crippen LogP contribution in [0.2, 0.25) is 0 Å². The monoisotopic (exact) mass is 367 g/mol. The highest BCUT2D eigenvalue weighted by molar-refractivity contribution is 5.79. The number of rotatable bonds is 4. The van der Waals surface area contributed by atoms with Gasteiger partial charge in [-0.2, -0.15) is 13.2 Å². The highest BCUT2D eigenvalue weighted by Gasteiger charge is 2.44. The van der Waals surface area contributed by atoms with Crippen molar-refractivity contribution in [3.8, 4) is 0 Å². The fourth-order valence-corrected chi connectivity index (χ4v) is 4.60. The van der Waals surface area contributed by atoms with Crippen LogP contribution in [0.25, 0.3) is 0 Å². The summed E-state index contributed by atoms with van der Waals surface area (Å²) in [5.41, 5.74) is 2.61. The van der Waals surface area contributed by atoms with Gasteiger partial charge in [-0.25, -0.2) is 0 Å². The number of carbonyl (C=O) groups is 1. The molecule has 2 nitrogen and oxygen atoms in total. The summed E-state index contributed by atoms with van der Waals surface area (Å²) in [5, 5.41) is 0. The van der Waals surface area contributed by atoms with Crippen molar-refractivity contribution in [2.45, 2.75) is 70.5 Å². The van der Waals surface area contributed by atoms with Gasteiger partial charge in [-0.15, -0.1) is 0 Å². The minimum atomic E-state index is -4.18. The van der Waals surface area contributed by atoms with Gasteiger partial charge in [0.25, 0.3) is 0 Å². The maximum Gasteiger partial charge on any atom is 0.391 e. The zero-order chi connectivity index (χ0) is 18.7. The van der Waals surface area contributed by atoms with Crippen LogP contribution in [0.15, 0.2) is 24.3 Å². The largest absolute Gasteiger partial charge is 0.391 e. The highest BCUT2D eigenvalue weighted by Crippen LogP contribution is 2.41. The molecule has 3 atom stereocenters. The molecule has 3 unspecified atom stereocenters. The van der Waals surface area contributed by atoms with Crippen LogP contribution >= 0.6 is 0 Å². The minimum Gasteiger partial charge on any atom is -0.339 e. The van der Waals surface area contributed by atoms with E-state index in [9.17, 15) is 18.0 Å². The molecule has 1 fully saturated rings. The van der Waals surface area contributed by atoms with Crippen molar-refractivity contribution in [3.05, 3.63) is 35.4 Å². The molecule has 1 amide bonds. The van der Waals surface area contributed by atoms with Crippen LogP contribution in [0.4, 0.5) is 13.2 Å². The molecule has 3 rings (SSSR count). The van der Waals surface area contributed by atoms with Crippen molar-refractivity contribution >= 4 is 5.91 Å². The zero-order valence-electron chi connectivity index (χ0n) is 15.4. The number of fused-ring (bicyclic) bond motifs is 1. The topological polar surface area (TPSA) is 20.3 Å². The summed E-state index contributed by atoms with van der Waals surface area (Å²) in [4.78, 5) is 15.0. The number of hydrogen-bond donors (Lipinski definition) is 0.